The topological polar surface area (TPSA) is 38.7 Å². The molecule has 0 spiro atoms. The minimum absolute atomic E-state index is 0.458. The van der Waals surface area contributed by atoms with Crippen molar-refractivity contribution in [2.75, 3.05) is 19.8 Å². The van der Waals surface area contributed by atoms with Crippen LogP contribution in [0.2, 0.25) is 0 Å². The first-order valence-electron chi connectivity index (χ1n) is 5.72. The Morgan fingerprint density at radius 2 is 2.06 bits per heavy atom. The van der Waals surface area contributed by atoms with Gasteiger partial charge in [0.15, 0.2) is 0 Å². The van der Waals surface area contributed by atoms with Crippen LogP contribution in [0.1, 0.15) is 31.9 Å². The molecule has 0 aliphatic carbocycles. The van der Waals surface area contributed by atoms with Crippen molar-refractivity contribution < 1.29 is 14.6 Å². The zero-order chi connectivity index (χ0) is 11.8. The molecule has 0 amide bonds. The quantitative estimate of drug-likeness (QED) is 0.723. The lowest BCUT2D eigenvalue weighted by molar-refractivity contribution is 0.100. The molecule has 1 rings (SSSR count). The lowest BCUT2D eigenvalue weighted by atomic mass is 10.1. The molecule has 1 N–H and O–H groups in total. The van der Waals surface area contributed by atoms with Crippen molar-refractivity contribution in [3.63, 3.8) is 0 Å². The van der Waals surface area contributed by atoms with Crippen molar-refractivity contribution in [1.82, 2.24) is 0 Å². The minimum Gasteiger partial charge on any atom is -0.491 e. The standard InChI is InChI=1S/C13H20O3/c1-3-7-15-8-9-16-13-6-4-5-12(10-13)11(2)14/h4-6,10-11,14H,3,7-9H2,1-2H3/t11-/m1/s1. The molecule has 90 valence electrons. The Labute approximate surface area is 97.0 Å². The molecular formula is C13H20O3. The molecule has 16 heavy (non-hydrogen) atoms. The molecule has 0 unspecified atom stereocenters. The van der Waals surface area contributed by atoms with Crippen molar-refractivity contribution in [3.8, 4) is 5.75 Å². The van der Waals surface area contributed by atoms with E-state index in [4.69, 9.17) is 9.47 Å². The first-order valence-corrected chi connectivity index (χ1v) is 5.72. The van der Waals surface area contributed by atoms with Gasteiger partial charge in [-0.2, -0.15) is 0 Å². The summed E-state index contributed by atoms with van der Waals surface area (Å²) in [6, 6.07) is 7.49. The minimum atomic E-state index is -0.458. The van der Waals surface area contributed by atoms with Gasteiger partial charge >= 0.3 is 0 Å². The Bertz CT molecular complexity index is 297. The maximum absolute atomic E-state index is 9.41. The first-order chi connectivity index (χ1) is 7.74. The number of hydrogen-bond acceptors (Lipinski definition) is 3. The van der Waals surface area contributed by atoms with Crippen LogP contribution in [0.4, 0.5) is 0 Å². The normalized spacial score (nSPS) is 12.4. The monoisotopic (exact) mass is 224 g/mol. The molecule has 3 heteroatoms. The van der Waals surface area contributed by atoms with Crippen LogP contribution in [-0.2, 0) is 4.74 Å². The lowest BCUT2D eigenvalue weighted by Gasteiger charge is -2.09. The van der Waals surface area contributed by atoms with Gasteiger partial charge in [0.2, 0.25) is 0 Å². The number of ether oxygens (including phenoxy) is 2. The number of aliphatic hydroxyl groups is 1. The van der Waals surface area contributed by atoms with Gasteiger partial charge < -0.3 is 14.6 Å². The summed E-state index contributed by atoms with van der Waals surface area (Å²) in [5.41, 5.74) is 0.868. The van der Waals surface area contributed by atoms with Crippen molar-refractivity contribution in [3.05, 3.63) is 29.8 Å². The van der Waals surface area contributed by atoms with Gasteiger partial charge in [-0.3, -0.25) is 0 Å². The zero-order valence-electron chi connectivity index (χ0n) is 9.98. The predicted molar refractivity (Wildman–Crippen MR) is 63.7 cm³/mol. The summed E-state index contributed by atoms with van der Waals surface area (Å²) >= 11 is 0. The largest absolute Gasteiger partial charge is 0.491 e. The van der Waals surface area contributed by atoms with Crippen LogP contribution in [0, 0.1) is 0 Å². The Kier molecular flexibility index (Phi) is 5.90. The average Bonchev–Trinajstić information content (AvgIpc) is 2.29. The summed E-state index contributed by atoms with van der Waals surface area (Å²) in [5, 5.41) is 9.41. The molecule has 0 aromatic heterocycles. The SMILES string of the molecule is CCCOCCOc1cccc([C@@H](C)O)c1. The fourth-order valence-corrected chi connectivity index (χ4v) is 1.33. The summed E-state index contributed by atoms with van der Waals surface area (Å²) in [6.07, 6.45) is 0.567. The molecule has 0 heterocycles. The van der Waals surface area contributed by atoms with Crippen LogP contribution in [0.3, 0.4) is 0 Å². The Morgan fingerprint density at radius 1 is 1.25 bits per heavy atom. The molecule has 1 aromatic rings. The van der Waals surface area contributed by atoms with Gasteiger partial charge in [-0.05, 0) is 31.0 Å². The fourth-order valence-electron chi connectivity index (χ4n) is 1.33. The van der Waals surface area contributed by atoms with Gasteiger partial charge in [-0.15, -0.1) is 0 Å². The number of aliphatic hydroxyl groups excluding tert-OH is 1. The van der Waals surface area contributed by atoms with E-state index in [1.54, 1.807) is 6.92 Å². The van der Waals surface area contributed by atoms with Crippen LogP contribution in [0.5, 0.6) is 5.75 Å². The highest BCUT2D eigenvalue weighted by Crippen LogP contribution is 2.18. The van der Waals surface area contributed by atoms with E-state index in [9.17, 15) is 5.11 Å². The third-order valence-electron chi connectivity index (χ3n) is 2.19. The summed E-state index contributed by atoms with van der Waals surface area (Å²) in [6.45, 7) is 5.74. The Morgan fingerprint density at radius 3 is 2.75 bits per heavy atom. The number of hydrogen-bond donors (Lipinski definition) is 1. The zero-order valence-corrected chi connectivity index (χ0v) is 9.98. The molecule has 0 saturated carbocycles. The van der Waals surface area contributed by atoms with Crippen LogP contribution < -0.4 is 4.74 Å². The summed E-state index contributed by atoms with van der Waals surface area (Å²) in [5.74, 6) is 0.776. The third kappa shape index (κ3) is 4.64. The second kappa shape index (κ2) is 7.25. The van der Waals surface area contributed by atoms with Gasteiger partial charge in [0.1, 0.15) is 12.4 Å². The Balaban J connectivity index is 2.33. The molecule has 3 nitrogen and oxygen atoms in total. The van der Waals surface area contributed by atoms with Gasteiger partial charge in [0, 0.05) is 6.61 Å². The molecule has 1 aromatic carbocycles. The molecule has 0 fully saturated rings. The third-order valence-corrected chi connectivity index (χ3v) is 2.19. The van der Waals surface area contributed by atoms with Crippen LogP contribution >= 0.6 is 0 Å². The maximum atomic E-state index is 9.41. The van der Waals surface area contributed by atoms with E-state index < -0.39 is 6.10 Å². The smallest absolute Gasteiger partial charge is 0.119 e. The van der Waals surface area contributed by atoms with Gasteiger partial charge in [0.25, 0.3) is 0 Å². The number of benzene rings is 1. The van der Waals surface area contributed by atoms with Crippen molar-refractivity contribution >= 4 is 0 Å². The molecule has 0 bridgehead atoms. The highest BCUT2D eigenvalue weighted by atomic mass is 16.5. The van der Waals surface area contributed by atoms with Crippen LogP contribution in [0.15, 0.2) is 24.3 Å². The van der Waals surface area contributed by atoms with Gasteiger partial charge in [-0.25, -0.2) is 0 Å². The second-order valence-corrected chi connectivity index (χ2v) is 3.71. The van der Waals surface area contributed by atoms with Gasteiger partial charge in [-0.1, -0.05) is 19.1 Å². The number of rotatable bonds is 7. The maximum Gasteiger partial charge on any atom is 0.119 e. The molecule has 0 aliphatic heterocycles. The van der Waals surface area contributed by atoms with E-state index >= 15 is 0 Å². The summed E-state index contributed by atoms with van der Waals surface area (Å²) < 4.78 is 10.8. The van der Waals surface area contributed by atoms with Crippen LogP contribution in [-0.4, -0.2) is 24.9 Å². The molecule has 0 saturated heterocycles. The van der Waals surface area contributed by atoms with Crippen molar-refractivity contribution in [2.24, 2.45) is 0 Å². The van der Waals surface area contributed by atoms with E-state index in [2.05, 4.69) is 6.92 Å². The molecular weight excluding hydrogens is 204 g/mol. The highest BCUT2D eigenvalue weighted by Gasteiger charge is 2.01. The summed E-state index contributed by atoms with van der Waals surface area (Å²) in [7, 11) is 0. The molecule has 1 atom stereocenters. The van der Waals surface area contributed by atoms with Crippen molar-refractivity contribution in [1.29, 1.82) is 0 Å². The Hall–Kier alpha value is -1.06. The van der Waals surface area contributed by atoms with E-state index in [0.717, 1.165) is 24.3 Å². The van der Waals surface area contributed by atoms with E-state index in [-0.39, 0.29) is 0 Å². The lowest BCUT2D eigenvalue weighted by Crippen LogP contribution is -2.07. The first kappa shape index (κ1) is 13.0. The highest BCUT2D eigenvalue weighted by molar-refractivity contribution is 5.29. The molecule has 0 aliphatic rings. The van der Waals surface area contributed by atoms with Crippen molar-refractivity contribution in [2.45, 2.75) is 26.4 Å². The second-order valence-electron chi connectivity index (χ2n) is 3.71. The van der Waals surface area contributed by atoms with E-state index in [1.807, 2.05) is 24.3 Å². The predicted octanol–water partition coefficient (Wildman–Crippen LogP) is 2.55. The van der Waals surface area contributed by atoms with E-state index in [0.29, 0.717) is 13.2 Å². The van der Waals surface area contributed by atoms with E-state index in [1.165, 1.54) is 0 Å². The van der Waals surface area contributed by atoms with Gasteiger partial charge in [0.05, 0.1) is 12.7 Å². The molecule has 0 radical (unpaired) electrons. The summed E-state index contributed by atoms with van der Waals surface area (Å²) in [4.78, 5) is 0. The fraction of sp³-hybridized carbons (Fsp3) is 0.538. The van der Waals surface area contributed by atoms with Crippen LogP contribution in [0.25, 0.3) is 0 Å². The average molecular weight is 224 g/mol.